The van der Waals surface area contributed by atoms with Crippen LogP contribution in [0.5, 0.6) is 0 Å². The maximum atomic E-state index is 12.3. The second-order valence-electron chi connectivity index (χ2n) is 9.01. The molecule has 5 atom stereocenters. The molecule has 0 unspecified atom stereocenters. The van der Waals surface area contributed by atoms with Crippen LogP contribution in [0.15, 0.2) is 60.7 Å². The summed E-state index contributed by atoms with van der Waals surface area (Å²) in [6.45, 7) is 3.82. The Morgan fingerprint density at radius 2 is 1.61 bits per heavy atom. The molecule has 0 aliphatic heterocycles. The second-order valence-corrected chi connectivity index (χ2v) is 9.01. The van der Waals surface area contributed by atoms with Gasteiger partial charge < -0.3 is 23.7 Å². The number of benzene rings is 2. The first kappa shape index (κ1) is 22.2. The zero-order valence-electron chi connectivity index (χ0n) is 18.4. The molecule has 2 aromatic rings. The van der Waals surface area contributed by atoms with Gasteiger partial charge in [0.05, 0.1) is 31.5 Å². The first-order chi connectivity index (χ1) is 15.1. The van der Waals surface area contributed by atoms with Crippen LogP contribution in [0, 0.1) is 17.3 Å². The van der Waals surface area contributed by atoms with Crippen LogP contribution < -0.4 is 0 Å². The minimum absolute atomic E-state index is 0.0190. The molecule has 0 amide bonds. The van der Waals surface area contributed by atoms with Crippen molar-refractivity contribution in [2.75, 3.05) is 20.5 Å². The van der Waals surface area contributed by atoms with Gasteiger partial charge in [0, 0.05) is 24.9 Å². The van der Waals surface area contributed by atoms with Crippen molar-refractivity contribution in [2.24, 2.45) is 17.3 Å². The molecule has 31 heavy (non-hydrogen) atoms. The van der Waals surface area contributed by atoms with Crippen LogP contribution in [-0.2, 0) is 37.0 Å². The van der Waals surface area contributed by atoms with Crippen molar-refractivity contribution in [1.82, 2.24) is 0 Å². The van der Waals surface area contributed by atoms with Crippen molar-refractivity contribution in [3.8, 4) is 0 Å². The number of hydrogen-bond acceptors (Lipinski definition) is 5. The molecular weight excluding hydrogens is 392 g/mol. The summed E-state index contributed by atoms with van der Waals surface area (Å²) in [4.78, 5) is 12.3. The van der Waals surface area contributed by atoms with Crippen molar-refractivity contribution in [3.63, 3.8) is 0 Å². The lowest BCUT2D eigenvalue weighted by atomic mass is 9.65. The number of methoxy groups -OCH3 is 1. The van der Waals surface area contributed by atoms with E-state index in [1.54, 1.807) is 7.11 Å². The molecule has 2 aromatic carbocycles. The summed E-state index contributed by atoms with van der Waals surface area (Å²) in [5, 5.41) is 0. The highest BCUT2D eigenvalue weighted by Gasteiger charge is 2.69. The average molecular weight is 425 g/mol. The van der Waals surface area contributed by atoms with E-state index >= 15 is 0 Å². The fourth-order valence-electron chi connectivity index (χ4n) is 5.52. The van der Waals surface area contributed by atoms with Gasteiger partial charge in [-0.1, -0.05) is 67.6 Å². The van der Waals surface area contributed by atoms with Crippen molar-refractivity contribution >= 4 is 6.29 Å². The van der Waals surface area contributed by atoms with Crippen molar-refractivity contribution < 1.29 is 23.7 Å². The Labute approximate surface area is 184 Å². The summed E-state index contributed by atoms with van der Waals surface area (Å²) in [6.07, 6.45) is 2.59. The third-order valence-corrected chi connectivity index (χ3v) is 7.23. The molecule has 166 valence electrons. The first-order valence-electron chi connectivity index (χ1n) is 11.0. The monoisotopic (exact) mass is 424 g/mol. The van der Waals surface area contributed by atoms with Crippen molar-refractivity contribution in [2.45, 2.75) is 44.7 Å². The van der Waals surface area contributed by atoms with Gasteiger partial charge in [0.25, 0.3) is 0 Å². The van der Waals surface area contributed by atoms with Gasteiger partial charge in [0.1, 0.15) is 13.1 Å². The summed E-state index contributed by atoms with van der Waals surface area (Å²) in [5.74, 6) is -0.0713. The lowest BCUT2D eigenvalue weighted by molar-refractivity contribution is -0.211. The Morgan fingerprint density at radius 1 is 0.968 bits per heavy atom. The Bertz CT molecular complexity index is 841. The molecule has 4 rings (SSSR count). The largest absolute Gasteiger partial charge is 0.376 e. The normalized spacial score (nSPS) is 31.7. The maximum Gasteiger partial charge on any atom is 0.147 e. The molecule has 5 heteroatoms. The van der Waals surface area contributed by atoms with E-state index < -0.39 is 11.0 Å². The summed E-state index contributed by atoms with van der Waals surface area (Å²) in [5.41, 5.74) is 1.32. The molecule has 0 saturated heterocycles. The predicted octanol–water partition coefficient (Wildman–Crippen LogP) is 4.39. The minimum Gasteiger partial charge on any atom is -0.376 e. The van der Waals surface area contributed by atoms with Gasteiger partial charge in [-0.25, -0.2) is 0 Å². The van der Waals surface area contributed by atoms with E-state index in [0.717, 1.165) is 30.3 Å². The van der Waals surface area contributed by atoms with Crippen LogP contribution in [0.3, 0.4) is 0 Å². The number of fused-ring (bicyclic) bond motifs is 2. The Hall–Kier alpha value is -2.05. The van der Waals surface area contributed by atoms with E-state index in [1.165, 1.54) is 0 Å². The molecule has 0 radical (unpaired) electrons. The Balaban J connectivity index is 1.48. The summed E-state index contributed by atoms with van der Waals surface area (Å²) in [7, 11) is 1.63. The van der Waals surface area contributed by atoms with E-state index in [9.17, 15) is 4.79 Å². The number of carbonyl (C=O) groups is 1. The van der Waals surface area contributed by atoms with E-state index in [2.05, 4.69) is 19.1 Å². The average Bonchev–Trinajstić information content (AvgIpc) is 3.28. The van der Waals surface area contributed by atoms with Gasteiger partial charge >= 0.3 is 0 Å². The first-order valence-corrected chi connectivity index (χ1v) is 11.0. The van der Waals surface area contributed by atoms with Crippen molar-refractivity contribution in [3.05, 3.63) is 71.8 Å². The molecular formula is C26H32O5. The van der Waals surface area contributed by atoms with Crippen LogP contribution in [0.1, 0.15) is 30.9 Å². The summed E-state index contributed by atoms with van der Waals surface area (Å²) in [6, 6.07) is 20.2. The van der Waals surface area contributed by atoms with E-state index in [1.807, 2.05) is 48.5 Å². The lowest BCUT2D eigenvalue weighted by Crippen LogP contribution is -2.55. The van der Waals surface area contributed by atoms with Crippen LogP contribution >= 0.6 is 0 Å². The molecule has 2 saturated carbocycles. The lowest BCUT2D eigenvalue weighted by Gasteiger charge is -2.48. The van der Waals surface area contributed by atoms with Crippen LogP contribution in [-0.4, -0.2) is 38.5 Å². The zero-order valence-corrected chi connectivity index (χ0v) is 18.4. The molecule has 0 N–H and O–H groups in total. The number of aldehydes is 1. The van der Waals surface area contributed by atoms with Crippen LogP contribution in [0.4, 0.5) is 0 Å². The van der Waals surface area contributed by atoms with Gasteiger partial charge in [0.15, 0.2) is 0 Å². The number of carbonyl (C=O) groups excluding carboxylic acids is 1. The zero-order chi connectivity index (χ0) is 21.7. The molecule has 2 aliphatic carbocycles. The molecule has 0 heterocycles. The Kier molecular flexibility index (Phi) is 6.87. The molecule has 0 spiro atoms. The van der Waals surface area contributed by atoms with Gasteiger partial charge in [0.2, 0.25) is 0 Å². The number of ether oxygens (including phenoxy) is 4. The molecule has 2 bridgehead atoms. The predicted molar refractivity (Wildman–Crippen MR) is 117 cm³/mol. The fraction of sp³-hybridized carbons (Fsp3) is 0.500. The summed E-state index contributed by atoms with van der Waals surface area (Å²) < 4.78 is 24.0. The van der Waals surface area contributed by atoms with Gasteiger partial charge in [-0.15, -0.1) is 0 Å². The standard InChI is InChI=1S/C26H32O5/c1-25(18-29-16-20-9-5-3-6-10-20)23(15-27)22-13-26(25,31-19-28-2)14-24(22)30-17-21-11-7-4-8-12-21/h3-12,15,22-24H,13-14,16-19H2,1-2H3/t22-,23+,24-,25-,26+/m0/s1. The highest BCUT2D eigenvalue weighted by atomic mass is 16.7. The third-order valence-electron chi connectivity index (χ3n) is 7.23. The number of hydrogen-bond donors (Lipinski definition) is 0. The smallest absolute Gasteiger partial charge is 0.147 e. The topological polar surface area (TPSA) is 54.0 Å². The second kappa shape index (κ2) is 9.61. The van der Waals surface area contributed by atoms with Crippen molar-refractivity contribution in [1.29, 1.82) is 0 Å². The maximum absolute atomic E-state index is 12.3. The van der Waals surface area contributed by atoms with E-state index in [-0.39, 0.29) is 24.7 Å². The van der Waals surface area contributed by atoms with Crippen LogP contribution in [0.25, 0.3) is 0 Å². The summed E-state index contributed by atoms with van der Waals surface area (Å²) >= 11 is 0. The Morgan fingerprint density at radius 3 is 2.23 bits per heavy atom. The molecule has 5 nitrogen and oxygen atoms in total. The van der Waals surface area contributed by atoms with E-state index in [0.29, 0.717) is 19.8 Å². The molecule has 2 aliphatic rings. The van der Waals surface area contributed by atoms with Gasteiger partial charge in [-0.05, 0) is 23.5 Å². The molecule has 0 aromatic heterocycles. The minimum atomic E-state index is -0.503. The highest BCUT2D eigenvalue weighted by Crippen LogP contribution is 2.64. The highest BCUT2D eigenvalue weighted by molar-refractivity contribution is 5.59. The SMILES string of the molecule is COCO[C@]12C[C@H]([C@@H](OCc3ccccc3)C1)[C@@H](C=O)[C@]2(C)COCc1ccccc1. The fourth-order valence-corrected chi connectivity index (χ4v) is 5.52. The quantitative estimate of drug-likeness (QED) is 0.395. The molecule has 2 fully saturated rings. The van der Waals surface area contributed by atoms with Crippen LogP contribution in [0.2, 0.25) is 0 Å². The van der Waals surface area contributed by atoms with E-state index in [4.69, 9.17) is 18.9 Å². The third kappa shape index (κ3) is 4.33. The van der Waals surface area contributed by atoms with Gasteiger partial charge in [-0.2, -0.15) is 0 Å². The van der Waals surface area contributed by atoms with Gasteiger partial charge in [-0.3, -0.25) is 0 Å². The number of rotatable bonds is 11.